The molecule has 0 aliphatic rings. The van der Waals surface area contributed by atoms with Gasteiger partial charge in [0.25, 0.3) is 0 Å². The van der Waals surface area contributed by atoms with Gasteiger partial charge < -0.3 is 20.5 Å². The van der Waals surface area contributed by atoms with Crippen molar-refractivity contribution in [3.8, 4) is 11.8 Å². The lowest BCUT2D eigenvalue weighted by molar-refractivity contribution is 0.222. The number of hydrogen-bond donors (Lipinski definition) is 2. The van der Waals surface area contributed by atoms with Crippen LogP contribution < -0.4 is 20.5 Å². The van der Waals surface area contributed by atoms with E-state index < -0.39 is 0 Å². The number of rotatable bonds is 5. The first-order chi connectivity index (χ1) is 9.97. The summed E-state index contributed by atoms with van der Waals surface area (Å²) in [7, 11) is 1.57. The molecule has 21 heavy (non-hydrogen) atoms. The fraction of sp³-hybridized carbons (Fsp3) is 0.308. The third-order valence-corrected chi connectivity index (χ3v) is 2.72. The summed E-state index contributed by atoms with van der Waals surface area (Å²) >= 11 is 6.12. The molecule has 3 N–H and O–H groups in total. The molecule has 7 nitrogen and oxygen atoms in total. The zero-order chi connectivity index (χ0) is 15.4. The molecule has 0 aliphatic heterocycles. The van der Waals surface area contributed by atoms with Crippen molar-refractivity contribution in [3.63, 3.8) is 0 Å². The molecular formula is C13H16ClN5O2. The molecule has 1 aromatic heterocycles. The monoisotopic (exact) mass is 309 g/mol. The van der Waals surface area contributed by atoms with Crippen molar-refractivity contribution in [3.05, 3.63) is 23.2 Å². The molecule has 0 atom stereocenters. The maximum atomic E-state index is 6.12. The van der Waals surface area contributed by atoms with Crippen LogP contribution in [0.3, 0.4) is 0 Å². The number of nitrogen functional groups attached to an aromatic ring is 1. The normalized spacial score (nSPS) is 10.5. The Balaban J connectivity index is 2.28. The average molecular weight is 310 g/mol. The predicted molar refractivity (Wildman–Crippen MR) is 81.3 cm³/mol. The van der Waals surface area contributed by atoms with Gasteiger partial charge in [0.1, 0.15) is 5.75 Å². The predicted octanol–water partition coefficient (Wildman–Crippen LogP) is 2.65. The van der Waals surface area contributed by atoms with Gasteiger partial charge in [-0.25, -0.2) is 0 Å². The number of ether oxygens (including phenoxy) is 2. The third-order valence-electron chi connectivity index (χ3n) is 2.39. The van der Waals surface area contributed by atoms with E-state index in [2.05, 4.69) is 20.3 Å². The summed E-state index contributed by atoms with van der Waals surface area (Å²) in [6.45, 7) is 3.73. The molecule has 0 amide bonds. The molecule has 2 aromatic rings. The van der Waals surface area contributed by atoms with E-state index >= 15 is 0 Å². The average Bonchev–Trinajstić information content (AvgIpc) is 2.39. The first-order valence-electron chi connectivity index (χ1n) is 6.26. The second kappa shape index (κ2) is 6.45. The molecule has 2 rings (SSSR count). The summed E-state index contributed by atoms with van der Waals surface area (Å²) in [5, 5.41) is 3.47. The third kappa shape index (κ3) is 4.09. The van der Waals surface area contributed by atoms with Crippen LogP contribution in [0.1, 0.15) is 13.8 Å². The highest BCUT2D eigenvalue weighted by Gasteiger charge is 2.10. The summed E-state index contributed by atoms with van der Waals surface area (Å²) in [4.78, 5) is 12.0. The highest BCUT2D eigenvalue weighted by atomic mass is 35.5. The Morgan fingerprint density at radius 2 is 2.00 bits per heavy atom. The Kier molecular flexibility index (Phi) is 4.64. The summed E-state index contributed by atoms with van der Waals surface area (Å²) in [6, 6.07) is 5.34. The molecule has 0 saturated heterocycles. The van der Waals surface area contributed by atoms with E-state index in [0.717, 1.165) is 0 Å². The van der Waals surface area contributed by atoms with Crippen molar-refractivity contribution in [2.45, 2.75) is 20.0 Å². The van der Waals surface area contributed by atoms with Crippen molar-refractivity contribution in [1.29, 1.82) is 0 Å². The van der Waals surface area contributed by atoms with E-state index in [0.29, 0.717) is 16.5 Å². The van der Waals surface area contributed by atoms with Crippen LogP contribution in [-0.4, -0.2) is 28.2 Å². The molecule has 0 radical (unpaired) electrons. The number of nitrogens with zero attached hydrogens (tertiary/aromatic N) is 3. The van der Waals surface area contributed by atoms with Crippen molar-refractivity contribution in [2.75, 3.05) is 18.2 Å². The van der Waals surface area contributed by atoms with Gasteiger partial charge in [0.15, 0.2) is 0 Å². The summed E-state index contributed by atoms with van der Waals surface area (Å²) in [5.41, 5.74) is 6.24. The Morgan fingerprint density at radius 1 is 1.24 bits per heavy atom. The Bertz CT molecular complexity index is 636. The molecule has 0 bridgehead atoms. The van der Waals surface area contributed by atoms with Gasteiger partial charge in [0, 0.05) is 6.07 Å². The molecule has 0 spiro atoms. The molecule has 112 valence electrons. The first kappa shape index (κ1) is 15.1. The van der Waals surface area contributed by atoms with Gasteiger partial charge >= 0.3 is 6.01 Å². The second-order valence-electron chi connectivity index (χ2n) is 4.44. The van der Waals surface area contributed by atoms with E-state index in [1.807, 2.05) is 13.8 Å². The van der Waals surface area contributed by atoms with Crippen LogP contribution in [0.15, 0.2) is 18.2 Å². The van der Waals surface area contributed by atoms with Gasteiger partial charge in [-0.2, -0.15) is 15.0 Å². The Morgan fingerprint density at radius 3 is 2.67 bits per heavy atom. The van der Waals surface area contributed by atoms with Crippen LogP contribution in [0.4, 0.5) is 17.6 Å². The minimum Gasteiger partial charge on any atom is -0.497 e. The smallest absolute Gasteiger partial charge is 0.323 e. The van der Waals surface area contributed by atoms with E-state index in [9.17, 15) is 0 Å². The van der Waals surface area contributed by atoms with Crippen LogP contribution in [-0.2, 0) is 0 Å². The highest BCUT2D eigenvalue weighted by molar-refractivity contribution is 6.33. The Hall–Kier alpha value is -2.28. The van der Waals surface area contributed by atoms with Gasteiger partial charge in [-0.15, -0.1) is 0 Å². The highest BCUT2D eigenvalue weighted by Crippen LogP contribution is 2.28. The molecule has 1 aromatic carbocycles. The zero-order valence-corrected chi connectivity index (χ0v) is 12.7. The topological polar surface area (TPSA) is 95.2 Å². The number of aromatic nitrogens is 3. The number of nitrogens with one attached hydrogen (secondary N) is 1. The van der Waals surface area contributed by atoms with E-state index in [4.69, 9.17) is 26.8 Å². The molecule has 0 fully saturated rings. The number of nitrogens with two attached hydrogens (primary N) is 1. The number of benzene rings is 1. The zero-order valence-electron chi connectivity index (χ0n) is 11.9. The van der Waals surface area contributed by atoms with Gasteiger partial charge in [-0.05, 0) is 26.0 Å². The van der Waals surface area contributed by atoms with Crippen LogP contribution in [0.2, 0.25) is 5.02 Å². The SMILES string of the molecule is COc1ccc(Cl)c(Nc2nc(N)nc(OC(C)C)n2)c1. The summed E-state index contributed by atoms with van der Waals surface area (Å²) < 4.78 is 10.6. The van der Waals surface area contributed by atoms with E-state index in [1.54, 1.807) is 25.3 Å². The lowest BCUT2D eigenvalue weighted by Crippen LogP contribution is -2.11. The fourth-order valence-electron chi connectivity index (χ4n) is 1.54. The molecular weight excluding hydrogens is 294 g/mol. The van der Waals surface area contributed by atoms with Gasteiger partial charge in [-0.3, -0.25) is 0 Å². The fourth-order valence-corrected chi connectivity index (χ4v) is 1.70. The van der Waals surface area contributed by atoms with Gasteiger partial charge in [0.05, 0.1) is 23.9 Å². The quantitative estimate of drug-likeness (QED) is 0.876. The first-order valence-corrected chi connectivity index (χ1v) is 6.64. The van der Waals surface area contributed by atoms with Crippen LogP contribution >= 0.6 is 11.6 Å². The lowest BCUT2D eigenvalue weighted by Gasteiger charge is -2.11. The summed E-state index contributed by atoms with van der Waals surface area (Å²) in [5.74, 6) is 0.957. The van der Waals surface area contributed by atoms with Gasteiger partial charge in [0.2, 0.25) is 11.9 Å². The van der Waals surface area contributed by atoms with Crippen LogP contribution in [0, 0.1) is 0 Å². The van der Waals surface area contributed by atoms with E-state index in [-0.39, 0.29) is 24.0 Å². The standard InChI is InChI=1S/C13H16ClN5O2/c1-7(2)21-13-18-11(15)17-12(19-13)16-10-6-8(20-3)4-5-9(10)14/h4-7H,1-3H3,(H3,15,16,17,18,19). The molecule has 0 aliphatic carbocycles. The number of methoxy groups -OCH3 is 1. The van der Waals surface area contributed by atoms with Crippen molar-refractivity contribution < 1.29 is 9.47 Å². The lowest BCUT2D eigenvalue weighted by atomic mass is 10.3. The molecule has 0 unspecified atom stereocenters. The summed E-state index contributed by atoms with van der Waals surface area (Å²) in [6.07, 6.45) is -0.0694. The minimum absolute atomic E-state index is 0.0576. The van der Waals surface area contributed by atoms with Crippen molar-refractivity contribution in [1.82, 2.24) is 15.0 Å². The second-order valence-corrected chi connectivity index (χ2v) is 4.84. The number of hydrogen-bond acceptors (Lipinski definition) is 7. The van der Waals surface area contributed by atoms with Crippen molar-refractivity contribution >= 4 is 29.2 Å². The Labute approximate surface area is 127 Å². The maximum Gasteiger partial charge on any atom is 0.323 e. The van der Waals surface area contributed by atoms with Crippen LogP contribution in [0.5, 0.6) is 11.8 Å². The van der Waals surface area contributed by atoms with E-state index in [1.165, 1.54) is 0 Å². The number of halogens is 1. The molecule has 0 saturated carbocycles. The largest absolute Gasteiger partial charge is 0.497 e. The van der Waals surface area contributed by atoms with Crippen LogP contribution in [0.25, 0.3) is 0 Å². The molecule has 1 heterocycles. The molecule has 8 heteroatoms. The maximum absolute atomic E-state index is 6.12. The van der Waals surface area contributed by atoms with Gasteiger partial charge in [-0.1, -0.05) is 11.6 Å². The van der Waals surface area contributed by atoms with Crippen molar-refractivity contribution in [2.24, 2.45) is 0 Å². The minimum atomic E-state index is -0.0694. The number of anilines is 3.